The maximum Gasteiger partial charge on any atom is 0.199 e. The SMILES string of the molecule is CCCCCCC[C@H]1CC[C@H]([C@H]2CC[C@H](CCC=CC=C(F)C#N)CC2)CC1. The lowest BCUT2D eigenvalue weighted by molar-refractivity contribution is 0.140. The molecule has 1 nitrogen and oxygen atoms in total. The van der Waals surface area contributed by atoms with Crippen LogP contribution < -0.4 is 0 Å². The maximum absolute atomic E-state index is 12.7. The normalized spacial score (nSPS) is 29.1. The van der Waals surface area contributed by atoms with Crippen LogP contribution >= 0.6 is 0 Å². The Bertz CT molecular complexity index is 499. The van der Waals surface area contributed by atoms with Gasteiger partial charge in [0.25, 0.3) is 0 Å². The molecule has 2 aliphatic rings. The molecule has 0 spiro atoms. The van der Waals surface area contributed by atoms with E-state index in [9.17, 15) is 4.39 Å². The zero-order valence-corrected chi connectivity index (χ0v) is 18.2. The zero-order chi connectivity index (χ0) is 20.0. The molecule has 0 bridgehead atoms. The van der Waals surface area contributed by atoms with Crippen LogP contribution in [-0.4, -0.2) is 0 Å². The fourth-order valence-corrected chi connectivity index (χ4v) is 5.55. The number of nitrogens with zero attached hydrogens (tertiary/aromatic N) is 1. The highest BCUT2D eigenvalue weighted by molar-refractivity contribution is 5.18. The summed E-state index contributed by atoms with van der Waals surface area (Å²) in [4.78, 5) is 0. The third-order valence-corrected chi connectivity index (χ3v) is 7.39. The molecule has 0 saturated heterocycles. The number of halogens is 1. The third kappa shape index (κ3) is 8.93. The molecule has 28 heavy (non-hydrogen) atoms. The van der Waals surface area contributed by atoms with Gasteiger partial charge in [-0.1, -0.05) is 83.3 Å². The molecule has 0 atom stereocenters. The first kappa shape index (κ1) is 23.2. The van der Waals surface area contributed by atoms with Gasteiger partial charge < -0.3 is 0 Å². The summed E-state index contributed by atoms with van der Waals surface area (Å²) in [7, 11) is 0. The lowest BCUT2D eigenvalue weighted by atomic mass is 9.68. The Morgan fingerprint density at radius 2 is 1.43 bits per heavy atom. The Morgan fingerprint density at radius 1 is 0.857 bits per heavy atom. The van der Waals surface area contributed by atoms with Gasteiger partial charge in [0.15, 0.2) is 5.83 Å². The van der Waals surface area contributed by atoms with Crippen molar-refractivity contribution in [2.45, 2.75) is 110 Å². The number of hydrogen-bond donors (Lipinski definition) is 0. The Hall–Kier alpha value is -1.10. The predicted octanol–water partition coefficient (Wildman–Crippen LogP) is 8.67. The summed E-state index contributed by atoms with van der Waals surface area (Å²) in [5.41, 5.74) is 0. The van der Waals surface area contributed by atoms with Gasteiger partial charge in [0, 0.05) is 0 Å². The van der Waals surface area contributed by atoms with Crippen LogP contribution in [0.5, 0.6) is 0 Å². The fraction of sp³-hybridized carbons (Fsp3) is 0.808. The van der Waals surface area contributed by atoms with E-state index in [0.29, 0.717) is 0 Å². The second-order valence-electron chi connectivity index (χ2n) is 9.40. The fourth-order valence-electron chi connectivity index (χ4n) is 5.55. The van der Waals surface area contributed by atoms with Gasteiger partial charge in [0.05, 0.1) is 0 Å². The van der Waals surface area contributed by atoms with E-state index < -0.39 is 5.83 Å². The van der Waals surface area contributed by atoms with Gasteiger partial charge in [0.2, 0.25) is 0 Å². The molecule has 0 aromatic heterocycles. The lowest BCUT2D eigenvalue weighted by Crippen LogP contribution is -2.25. The average molecular weight is 388 g/mol. The van der Waals surface area contributed by atoms with Crippen molar-refractivity contribution in [3.63, 3.8) is 0 Å². The van der Waals surface area contributed by atoms with Crippen LogP contribution in [0.1, 0.15) is 110 Å². The van der Waals surface area contributed by atoms with Crippen molar-refractivity contribution in [2.75, 3.05) is 0 Å². The molecular formula is C26H42FN. The van der Waals surface area contributed by atoms with Gasteiger partial charge >= 0.3 is 0 Å². The van der Waals surface area contributed by atoms with Crippen molar-refractivity contribution in [1.29, 1.82) is 5.26 Å². The summed E-state index contributed by atoms with van der Waals surface area (Å²) in [5, 5.41) is 8.38. The van der Waals surface area contributed by atoms with E-state index in [2.05, 4.69) is 6.92 Å². The standard InChI is InChI=1S/C26H42FN/c1-2-3-4-5-7-10-22-13-17-24(18-14-22)25-19-15-23(16-20-25)11-8-6-9-12-26(27)21-28/h6,9,12,22-25H,2-5,7-8,10-11,13-20H2,1H3/t22-,23-,24-,25-. The molecule has 0 amide bonds. The van der Waals surface area contributed by atoms with Gasteiger partial charge in [-0.05, 0) is 68.3 Å². The zero-order valence-electron chi connectivity index (χ0n) is 18.2. The van der Waals surface area contributed by atoms with Gasteiger partial charge in [-0.15, -0.1) is 0 Å². The molecule has 0 radical (unpaired) electrons. The highest BCUT2D eigenvalue weighted by Gasteiger charge is 2.30. The van der Waals surface area contributed by atoms with Gasteiger partial charge in [-0.2, -0.15) is 9.65 Å². The average Bonchev–Trinajstić information content (AvgIpc) is 2.74. The van der Waals surface area contributed by atoms with Crippen LogP contribution in [0, 0.1) is 35.0 Å². The number of unbranched alkanes of at least 4 members (excludes halogenated alkanes) is 4. The second kappa shape index (κ2) is 14.0. The molecule has 0 aromatic rings. The molecule has 2 heteroatoms. The van der Waals surface area contributed by atoms with Crippen molar-refractivity contribution in [1.82, 2.24) is 0 Å². The van der Waals surface area contributed by atoms with Crippen LogP contribution in [0.4, 0.5) is 4.39 Å². The van der Waals surface area contributed by atoms with E-state index in [1.54, 1.807) is 6.08 Å². The molecule has 2 saturated carbocycles. The van der Waals surface area contributed by atoms with Crippen LogP contribution in [0.3, 0.4) is 0 Å². The molecule has 0 heterocycles. The summed E-state index contributed by atoms with van der Waals surface area (Å²) in [6.07, 6.45) is 27.4. The first-order valence-electron chi connectivity index (χ1n) is 12.1. The summed E-state index contributed by atoms with van der Waals surface area (Å²) in [6.45, 7) is 2.30. The molecule has 2 rings (SSSR count). The molecule has 0 unspecified atom stereocenters. The summed E-state index contributed by atoms with van der Waals surface area (Å²) in [5.74, 6) is 3.18. The molecule has 0 aliphatic heterocycles. The van der Waals surface area contributed by atoms with Crippen LogP contribution in [0.25, 0.3) is 0 Å². The van der Waals surface area contributed by atoms with Gasteiger partial charge in [-0.25, -0.2) is 0 Å². The van der Waals surface area contributed by atoms with E-state index in [1.165, 1.54) is 108 Å². The van der Waals surface area contributed by atoms with E-state index in [0.717, 1.165) is 30.1 Å². The number of hydrogen-bond acceptors (Lipinski definition) is 1. The first-order valence-corrected chi connectivity index (χ1v) is 12.1. The van der Waals surface area contributed by atoms with Crippen LogP contribution in [0.2, 0.25) is 0 Å². The monoisotopic (exact) mass is 387 g/mol. The molecule has 2 aliphatic carbocycles. The molecule has 158 valence electrons. The summed E-state index contributed by atoms with van der Waals surface area (Å²) < 4.78 is 12.7. The Balaban J connectivity index is 1.55. The van der Waals surface area contributed by atoms with Crippen LogP contribution in [-0.2, 0) is 0 Å². The smallest absolute Gasteiger partial charge is 0.195 e. The second-order valence-corrected chi connectivity index (χ2v) is 9.40. The number of nitriles is 1. The predicted molar refractivity (Wildman–Crippen MR) is 117 cm³/mol. The minimum Gasteiger partial charge on any atom is -0.195 e. The van der Waals surface area contributed by atoms with E-state index in [4.69, 9.17) is 5.26 Å². The molecule has 0 N–H and O–H groups in total. The van der Waals surface area contributed by atoms with Crippen LogP contribution in [0.15, 0.2) is 24.1 Å². The summed E-state index contributed by atoms with van der Waals surface area (Å²) in [6, 6.07) is 1.50. The van der Waals surface area contributed by atoms with Gasteiger partial charge in [0.1, 0.15) is 6.07 Å². The maximum atomic E-state index is 12.7. The van der Waals surface area contributed by atoms with Gasteiger partial charge in [-0.3, -0.25) is 0 Å². The third-order valence-electron chi connectivity index (χ3n) is 7.39. The van der Waals surface area contributed by atoms with E-state index >= 15 is 0 Å². The quantitative estimate of drug-likeness (QED) is 0.197. The Morgan fingerprint density at radius 3 is 2.00 bits per heavy atom. The minimum atomic E-state index is -0.706. The first-order chi connectivity index (χ1) is 13.7. The Kier molecular flexibility index (Phi) is 11.6. The molecule has 0 aromatic carbocycles. The van der Waals surface area contributed by atoms with Crippen molar-refractivity contribution >= 4 is 0 Å². The van der Waals surface area contributed by atoms with E-state index in [1.807, 2.05) is 6.08 Å². The van der Waals surface area contributed by atoms with Crippen molar-refractivity contribution in [2.24, 2.45) is 23.7 Å². The Labute approximate surface area is 173 Å². The number of rotatable bonds is 11. The largest absolute Gasteiger partial charge is 0.199 e. The van der Waals surface area contributed by atoms with E-state index in [-0.39, 0.29) is 0 Å². The van der Waals surface area contributed by atoms with Crippen molar-refractivity contribution in [3.8, 4) is 6.07 Å². The lowest BCUT2D eigenvalue weighted by Gasteiger charge is -2.38. The highest BCUT2D eigenvalue weighted by atomic mass is 19.1. The highest BCUT2D eigenvalue weighted by Crippen LogP contribution is 2.43. The number of allylic oxidation sites excluding steroid dienone is 4. The molecule has 2 fully saturated rings. The molecular weight excluding hydrogens is 345 g/mol. The topological polar surface area (TPSA) is 23.8 Å². The summed E-state index contributed by atoms with van der Waals surface area (Å²) >= 11 is 0. The van der Waals surface area contributed by atoms with Crippen molar-refractivity contribution in [3.05, 3.63) is 24.1 Å². The minimum absolute atomic E-state index is 0.706. The van der Waals surface area contributed by atoms with Crippen molar-refractivity contribution < 1.29 is 4.39 Å².